The van der Waals surface area contributed by atoms with Gasteiger partial charge in [0.15, 0.2) is 5.69 Å². The van der Waals surface area contributed by atoms with Crippen molar-refractivity contribution in [3.63, 3.8) is 0 Å². The lowest BCUT2D eigenvalue weighted by atomic mass is 10.3. The first-order valence-electron chi connectivity index (χ1n) is 6.61. The van der Waals surface area contributed by atoms with Crippen molar-refractivity contribution in [1.82, 2.24) is 14.8 Å². The molecule has 0 bridgehead atoms. The van der Waals surface area contributed by atoms with E-state index in [-0.39, 0.29) is 5.69 Å². The number of rotatable bonds is 3. The molecule has 3 rings (SSSR count). The molecule has 0 atom stereocenters. The molecule has 0 aliphatic heterocycles. The molecule has 0 fully saturated rings. The minimum atomic E-state index is -0.566. The topological polar surface area (TPSA) is 76.9 Å². The Labute approximate surface area is 126 Å². The molecule has 0 aliphatic carbocycles. The summed E-state index contributed by atoms with van der Waals surface area (Å²) in [5, 5.41) is 6.71. The van der Waals surface area contributed by atoms with Crippen LogP contribution in [0.5, 0.6) is 0 Å². The molecular weight excluding hydrogens is 280 g/mol. The molecule has 2 heterocycles. The van der Waals surface area contributed by atoms with E-state index in [2.05, 4.69) is 15.4 Å². The second-order valence-electron chi connectivity index (χ2n) is 4.50. The number of pyridine rings is 1. The normalized spacial score (nSPS) is 10.2. The third-order valence-corrected chi connectivity index (χ3v) is 2.96. The predicted molar refractivity (Wildman–Crippen MR) is 82.0 cm³/mol. The third kappa shape index (κ3) is 2.90. The Kier molecular flexibility index (Phi) is 3.74. The summed E-state index contributed by atoms with van der Waals surface area (Å²) >= 11 is 0. The molecule has 0 spiro atoms. The fourth-order valence-corrected chi connectivity index (χ4v) is 1.92. The quantitative estimate of drug-likeness (QED) is 0.799. The highest BCUT2D eigenvalue weighted by Gasteiger charge is 2.13. The zero-order valence-electron chi connectivity index (χ0n) is 11.5. The second kappa shape index (κ2) is 6.01. The number of amides is 1. The molecule has 6 heteroatoms. The van der Waals surface area contributed by atoms with Gasteiger partial charge in [-0.1, -0.05) is 18.2 Å². The van der Waals surface area contributed by atoms with Crippen molar-refractivity contribution in [1.29, 1.82) is 0 Å². The van der Waals surface area contributed by atoms with Crippen LogP contribution in [0.15, 0.2) is 71.9 Å². The maximum Gasteiger partial charge on any atom is 0.280 e. The number of aromatic nitrogens is 3. The van der Waals surface area contributed by atoms with Gasteiger partial charge in [0, 0.05) is 18.5 Å². The van der Waals surface area contributed by atoms with Gasteiger partial charge in [-0.3, -0.25) is 14.6 Å². The first-order chi connectivity index (χ1) is 10.7. The monoisotopic (exact) mass is 292 g/mol. The van der Waals surface area contributed by atoms with E-state index in [1.165, 1.54) is 23.1 Å². The first-order valence-corrected chi connectivity index (χ1v) is 6.61. The zero-order valence-corrected chi connectivity index (χ0v) is 11.5. The highest BCUT2D eigenvalue weighted by molar-refractivity contribution is 6.02. The van der Waals surface area contributed by atoms with Crippen molar-refractivity contribution in [2.24, 2.45) is 0 Å². The van der Waals surface area contributed by atoms with Crippen molar-refractivity contribution < 1.29 is 4.79 Å². The number of benzene rings is 1. The van der Waals surface area contributed by atoms with Crippen LogP contribution < -0.4 is 10.7 Å². The number of para-hydroxylation sites is 1. The predicted octanol–water partition coefficient (Wildman–Crippen LogP) is 1.88. The van der Waals surface area contributed by atoms with E-state index in [1.54, 1.807) is 18.3 Å². The van der Waals surface area contributed by atoms with Crippen molar-refractivity contribution >= 4 is 11.6 Å². The van der Waals surface area contributed by atoms with Gasteiger partial charge in [-0.15, -0.1) is 0 Å². The summed E-state index contributed by atoms with van der Waals surface area (Å²) in [7, 11) is 0. The maximum absolute atomic E-state index is 12.2. The van der Waals surface area contributed by atoms with Gasteiger partial charge in [-0.05, 0) is 24.3 Å². The first kappa shape index (κ1) is 13.7. The lowest BCUT2D eigenvalue weighted by Crippen LogP contribution is -2.25. The lowest BCUT2D eigenvalue weighted by Gasteiger charge is -2.07. The van der Waals surface area contributed by atoms with Gasteiger partial charge in [0.1, 0.15) is 0 Å². The van der Waals surface area contributed by atoms with Crippen LogP contribution in [-0.2, 0) is 0 Å². The molecular formula is C16H12N4O2. The van der Waals surface area contributed by atoms with Crippen LogP contribution in [0.25, 0.3) is 5.69 Å². The highest BCUT2D eigenvalue weighted by Crippen LogP contribution is 2.06. The third-order valence-electron chi connectivity index (χ3n) is 2.96. The number of hydrogen-bond acceptors (Lipinski definition) is 4. The van der Waals surface area contributed by atoms with Gasteiger partial charge < -0.3 is 5.32 Å². The SMILES string of the molecule is O=C(Nc1cccnc1)c1nn(-c2ccccc2)ccc1=O. The number of anilines is 1. The van der Waals surface area contributed by atoms with Crippen LogP contribution >= 0.6 is 0 Å². The lowest BCUT2D eigenvalue weighted by molar-refractivity contribution is 0.101. The average molecular weight is 292 g/mol. The van der Waals surface area contributed by atoms with Crippen LogP contribution in [0.3, 0.4) is 0 Å². The molecule has 0 saturated heterocycles. The molecule has 1 aromatic carbocycles. The average Bonchev–Trinajstić information content (AvgIpc) is 2.57. The fourth-order valence-electron chi connectivity index (χ4n) is 1.92. The number of carbonyl (C=O) groups is 1. The Hall–Kier alpha value is -3.28. The van der Waals surface area contributed by atoms with Gasteiger partial charge in [0.2, 0.25) is 5.43 Å². The van der Waals surface area contributed by atoms with Gasteiger partial charge in [-0.25, -0.2) is 4.68 Å². The summed E-state index contributed by atoms with van der Waals surface area (Å²) in [5.41, 5.74) is 0.658. The van der Waals surface area contributed by atoms with E-state index in [0.29, 0.717) is 5.69 Å². The van der Waals surface area contributed by atoms with E-state index in [9.17, 15) is 9.59 Å². The number of hydrogen-bond donors (Lipinski definition) is 1. The van der Waals surface area contributed by atoms with Crippen molar-refractivity contribution in [2.75, 3.05) is 5.32 Å². The Bertz CT molecular complexity index is 845. The zero-order chi connectivity index (χ0) is 15.4. The van der Waals surface area contributed by atoms with Gasteiger partial charge in [-0.2, -0.15) is 5.10 Å². The molecule has 1 N–H and O–H groups in total. The van der Waals surface area contributed by atoms with Crippen molar-refractivity contribution in [2.45, 2.75) is 0 Å². The molecule has 2 aromatic heterocycles. The minimum absolute atomic E-state index is 0.171. The molecule has 0 aliphatic rings. The van der Waals surface area contributed by atoms with E-state index >= 15 is 0 Å². The van der Waals surface area contributed by atoms with E-state index in [4.69, 9.17) is 0 Å². The Morgan fingerprint density at radius 2 is 1.86 bits per heavy atom. The van der Waals surface area contributed by atoms with Crippen LogP contribution in [0.4, 0.5) is 5.69 Å². The summed E-state index contributed by atoms with van der Waals surface area (Å²) < 4.78 is 1.49. The van der Waals surface area contributed by atoms with E-state index in [0.717, 1.165) is 5.69 Å². The van der Waals surface area contributed by atoms with Crippen LogP contribution in [0.2, 0.25) is 0 Å². The number of carbonyl (C=O) groups excluding carboxylic acids is 1. The maximum atomic E-state index is 12.2. The van der Waals surface area contributed by atoms with E-state index < -0.39 is 11.3 Å². The summed E-state index contributed by atoms with van der Waals surface area (Å²) in [6, 6.07) is 13.9. The molecule has 3 aromatic rings. The summed E-state index contributed by atoms with van der Waals surface area (Å²) in [5.74, 6) is -0.566. The minimum Gasteiger partial charge on any atom is -0.319 e. The largest absolute Gasteiger partial charge is 0.319 e. The second-order valence-corrected chi connectivity index (χ2v) is 4.50. The van der Waals surface area contributed by atoms with Gasteiger partial charge >= 0.3 is 0 Å². The van der Waals surface area contributed by atoms with Crippen molar-refractivity contribution in [3.05, 3.63) is 83.0 Å². The smallest absolute Gasteiger partial charge is 0.280 e. The van der Waals surface area contributed by atoms with Crippen LogP contribution in [0.1, 0.15) is 10.5 Å². The summed E-state index contributed by atoms with van der Waals surface area (Å²) in [6.45, 7) is 0. The molecule has 108 valence electrons. The van der Waals surface area contributed by atoms with Gasteiger partial charge in [0.05, 0.1) is 17.6 Å². The van der Waals surface area contributed by atoms with E-state index in [1.807, 2.05) is 30.3 Å². The molecule has 0 saturated carbocycles. The Morgan fingerprint density at radius 3 is 2.59 bits per heavy atom. The molecule has 6 nitrogen and oxygen atoms in total. The molecule has 0 unspecified atom stereocenters. The van der Waals surface area contributed by atoms with Gasteiger partial charge in [0.25, 0.3) is 5.91 Å². The van der Waals surface area contributed by atoms with Crippen LogP contribution in [0, 0.1) is 0 Å². The molecule has 1 amide bonds. The van der Waals surface area contributed by atoms with Crippen LogP contribution in [-0.4, -0.2) is 20.7 Å². The number of nitrogens with zero attached hydrogens (tertiary/aromatic N) is 3. The molecule has 0 radical (unpaired) electrons. The fraction of sp³-hybridized carbons (Fsp3) is 0. The Balaban J connectivity index is 1.93. The standard InChI is InChI=1S/C16H12N4O2/c21-14-8-10-20(13-6-2-1-3-7-13)19-15(14)16(22)18-12-5-4-9-17-11-12/h1-11H,(H,18,22). The molecule has 22 heavy (non-hydrogen) atoms. The summed E-state index contributed by atoms with van der Waals surface area (Å²) in [4.78, 5) is 28.0. The number of nitrogens with one attached hydrogen (secondary N) is 1. The Morgan fingerprint density at radius 1 is 1.05 bits per heavy atom. The van der Waals surface area contributed by atoms with Crippen molar-refractivity contribution in [3.8, 4) is 5.69 Å². The highest BCUT2D eigenvalue weighted by atomic mass is 16.2. The summed E-state index contributed by atoms with van der Waals surface area (Å²) in [6.07, 6.45) is 4.62.